The molecular formula is C28H27ClN2O4. The Bertz CT molecular complexity index is 1340. The lowest BCUT2D eigenvalue weighted by Gasteiger charge is -2.27. The summed E-state index contributed by atoms with van der Waals surface area (Å²) in [6.45, 7) is 7.94. The van der Waals surface area contributed by atoms with Crippen LogP contribution < -0.4 is 9.64 Å². The average Bonchev–Trinajstić information content (AvgIpc) is 3.10. The van der Waals surface area contributed by atoms with Gasteiger partial charge in [-0.15, -0.1) is 0 Å². The number of aryl methyl sites for hydroxylation is 1. The maximum absolute atomic E-state index is 13.4. The fraction of sp³-hybridized carbons (Fsp3) is 0.250. The number of aliphatic hydroxyl groups is 1. The fourth-order valence-electron chi connectivity index (χ4n) is 4.38. The molecule has 1 fully saturated rings. The van der Waals surface area contributed by atoms with Crippen molar-refractivity contribution >= 4 is 34.7 Å². The van der Waals surface area contributed by atoms with Gasteiger partial charge in [0.15, 0.2) is 0 Å². The van der Waals surface area contributed by atoms with Gasteiger partial charge in [0.1, 0.15) is 11.5 Å². The number of pyridine rings is 1. The first kappa shape index (κ1) is 24.5. The summed E-state index contributed by atoms with van der Waals surface area (Å²) in [6, 6.07) is 13.0. The molecule has 1 aromatic heterocycles. The number of halogens is 1. The summed E-state index contributed by atoms with van der Waals surface area (Å²) in [6.07, 6.45) is 3.18. The van der Waals surface area contributed by atoms with Gasteiger partial charge in [-0.05, 0) is 65.9 Å². The van der Waals surface area contributed by atoms with Crippen LogP contribution in [-0.2, 0) is 15.0 Å². The number of rotatable bonds is 4. The van der Waals surface area contributed by atoms with E-state index in [0.29, 0.717) is 27.6 Å². The Balaban J connectivity index is 1.98. The van der Waals surface area contributed by atoms with E-state index in [1.807, 2.05) is 27.7 Å². The predicted molar refractivity (Wildman–Crippen MR) is 137 cm³/mol. The van der Waals surface area contributed by atoms with Crippen molar-refractivity contribution in [3.63, 3.8) is 0 Å². The fourth-order valence-corrected chi connectivity index (χ4v) is 4.55. The van der Waals surface area contributed by atoms with E-state index in [4.69, 9.17) is 16.3 Å². The van der Waals surface area contributed by atoms with Gasteiger partial charge in [0.05, 0.1) is 18.7 Å². The molecule has 0 bridgehead atoms. The molecule has 2 heterocycles. The van der Waals surface area contributed by atoms with Crippen molar-refractivity contribution < 1.29 is 19.4 Å². The Hall–Kier alpha value is -3.64. The van der Waals surface area contributed by atoms with Gasteiger partial charge in [0, 0.05) is 34.2 Å². The number of amides is 1. The molecule has 1 unspecified atom stereocenters. The molecule has 35 heavy (non-hydrogen) atoms. The summed E-state index contributed by atoms with van der Waals surface area (Å²) in [5.74, 6) is -1.07. The van der Waals surface area contributed by atoms with Crippen molar-refractivity contribution in [3.05, 3.63) is 93.8 Å². The van der Waals surface area contributed by atoms with Gasteiger partial charge >= 0.3 is 0 Å². The van der Waals surface area contributed by atoms with Crippen molar-refractivity contribution in [2.75, 3.05) is 12.0 Å². The second-order valence-electron chi connectivity index (χ2n) is 9.55. The highest BCUT2D eigenvalue weighted by Crippen LogP contribution is 2.44. The van der Waals surface area contributed by atoms with E-state index >= 15 is 0 Å². The number of carbonyl (C=O) groups is 2. The molecule has 1 aliphatic heterocycles. The first-order valence-corrected chi connectivity index (χ1v) is 11.6. The lowest BCUT2D eigenvalue weighted by Crippen LogP contribution is -2.30. The predicted octanol–water partition coefficient (Wildman–Crippen LogP) is 5.98. The standard InChI is InChI=1S/C28H27ClN2O4/c1-16-6-8-19(29)15-21(16)31-24(17-10-12-30-13-11-17)23(26(33)27(31)34)25(32)18-7-9-22(35-5)20(14-18)28(2,3)4/h6-15,24,32H,1-5H3/b25-23-. The molecule has 1 N–H and O–H groups in total. The number of carbonyl (C=O) groups excluding carboxylic acids is 2. The van der Waals surface area contributed by atoms with Gasteiger partial charge in [0.25, 0.3) is 11.7 Å². The third kappa shape index (κ3) is 4.42. The second-order valence-corrected chi connectivity index (χ2v) is 9.98. The van der Waals surface area contributed by atoms with Crippen molar-refractivity contribution in [1.82, 2.24) is 4.98 Å². The van der Waals surface area contributed by atoms with Crippen LogP contribution >= 0.6 is 11.6 Å². The zero-order valence-corrected chi connectivity index (χ0v) is 21.1. The smallest absolute Gasteiger partial charge is 0.300 e. The topological polar surface area (TPSA) is 79.7 Å². The van der Waals surface area contributed by atoms with Crippen LogP contribution in [0.2, 0.25) is 5.02 Å². The summed E-state index contributed by atoms with van der Waals surface area (Å²) in [5.41, 5.74) is 2.94. The van der Waals surface area contributed by atoms with Crippen LogP contribution in [0.1, 0.15) is 49.1 Å². The minimum absolute atomic E-state index is 0.00519. The Morgan fingerprint density at radius 1 is 1.06 bits per heavy atom. The van der Waals surface area contributed by atoms with Crippen LogP contribution in [0.3, 0.4) is 0 Å². The van der Waals surface area contributed by atoms with E-state index in [-0.39, 0.29) is 16.7 Å². The van der Waals surface area contributed by atoms with Gasteiger partial charge in [-0.2, -0.15) is 0 Å². The maximum Gasteiger partial charge on any atom is 0.300 e. The minimum Gasteiger partial charge on any atom is -0.507 e. The lowest BCUT2D eigenvalue weighted by atomic mass is 9.84. The second kappa shape index (κ2) is 9.19. The highest BCUT2D eigenvalue weighted by atomic mass is 35.5. The third-order valence-corrected chi connectivity index (χ3v) is 6.41. The highest BCUT2D eigenvalue weighted by Gasteiger charge is 2.47. The Kier molecular flexibility index (Phi) is 6.43. The number of benzene rings is 2. The number of Topliss-reactive ketones (excluding diaryl/α,β-unsaturated/α-hetero) is 1. The molecule has 0 saturated carbocycles. The zero-order chi connectivity index (χ0) is 25.5. The number of anilines is 1. The van der Waals surface area contributed by atoms with Gasteiger partial charge in [-0.3, -0.25) is 19.5 Å². The van der Waals surface area contributed by atoms with E-state index in [0.717, 1.165) is 11.1 Å². The van der Waals surface area contributed by atoms with Crippen LogP contribution in [-0.4, -0.2) is 28.9 Å². The number of ketones is 1. The van der Waals surface area contributed by atoms with E-state index in [1.165, 1.54) is 4.90 Å². The van der Waals surface area contributed by atoms with Gasteiger partial charge in [0.2, 0.25) is 0 Å². The first-order chi connectivity index (χ1) is 16.5. The molecule has 180 valence electrons. The SMILES string of the molecule is COc1ccc(/C(O)=C2/C(=O)C(=O)N(c3cc(Cl)ccc3C)C2c2ccncc2)cc1C(C)(C)C. The molecular weight excluding hydrogens is 464 g/mol. The third-order valence-electron chi connectivity index (χ3n) is 6.18. The summed E-state index contributed by atoms with van der Waals surface area (Å²) in [5, 5.41) is 11.9. The summed E-state index contributed by atoms with van der Waals surface area (Å²) in [7, 11) is 1.59. The van der Waals surface area contributed by atoms with E-state index in [2.05, 4.69) is 4.98 Å². The number of hydrogen-bond donors (Lipinski definition) is 1. The van der Waals surface area contributed by atoms with Gasteiger partial charge in [-0.1, -0.05) is 38.4 Å². The summed E-state index contributed by atoms with van der Waals surface area (Å²) in [4.78, 5) is 32.3. The molecule has 2 aromatic carbocycles. The van der Waals surface area contributed by atoms with Crippen LogP contribution in [0.25, 0.3) is 5.76 Å². The minimum atomic E-state index is -0.852. The average molecular weight is 491 g/mol. The van der Waals surface area contributed by atoms with Crippen molar-refractivity contribution in [2.24, 2.45) is 0 Å². The Morgan fingerprint density at radius 2 is 1.74 bits per heavy atom. The van der Waals surface area contributed by atoms with Gasteiger partial charge < -0.3 is 9.84 Å². The number of hydrogen-bond acceptors (Lipinski definition) is 5. The molecule has 1 aliphatic rings. The molecule has 0 spiro atoms. The molecule has 0 radical (unpaired) electrons. The van der Waals surface area contributed by atoms with Gasteiger partial charge in [-0.25, -0.2) is 0 Å². The molecule has 4 rings (SSSR count). The van der Waals surface area contributed by atoms with E-state index < -0.39 is 17.7 Å². The quantitative estimate of drug-likeness (QED) is 0.276. The summed E-state index contributed by atoms with van der Waals surface area (Å²) < 4.78 is 5.51. The zero-order valence-electron chi connectivity index (χ0n) is 20.3. The summed E-state index contributed by atoms with van der Waals surface area (Å²) >= 11 is 6.25. The Labute approximate surface area is 209 Å². The molecule has 3 aromatic rings. The number of aromatic nitrogens is 1. The van der Waals surface area contributed by atoms with Crippen molar-refractivity contribution in [3.8, 4) is 5.75 Å². The normalized spacial score (nSPS) is 17.7. The largest absolute Gasteiger partial charge is 0.507 e. The lowest BCUT2D eigenvalue weighted by molar-refractivity contribution is -0.132. The maximum atomic E-state index is 13.4. The highest BCUT2D eigenvalue weighted by molar-refractivity contribution is 6.52. The molecule has 6 nitrogen and oxygen atoms in total. The number of aliphatic hydroxyl groups excluding tert-OH is 1. The van der Waals surface area contributed by atoms with E-state index in [9.17, 15) is 14.7 Å². The molecule has 0 aliphatic carbocycles. The molecule has 1 saturated heterocycles. The van der Waals surface area contributed by atoms with Crippen LogP contribution in [0, 0.1) is 6.92 Å². The van der Waals surface area contributed by atoms with E-state index in [1.54, 1.807) is 68.0 Å². The van der Waals surface area contributed by atoms with Crippen molar-refractivity contribution in [2.45, 2.75) is 39.2 Å². The first-order valence-electron chi connectivity index (χ1n) is 11.2. The number of methoxy groups -OCH3 is 1. The monoisotopic (exact) mass is 490 g/mol. The van der Waals surface area contributed by atoms with Crippen LogP contribution in [0.5, 0.6) is 5.75 Å². The molecule has 1 amide bonds. The van der Waals surface area contributed by atoms with Crippen LogP contribution in [0.4, 0.5) is 5.69 Å². The number of ether oxygens (including phenoxy) is 1. The van der Waals surface area contributed by atoms with Crippen LogP contribution in [0.15, 0.2) is 66.5 Å². The molecule has 7 heteroatoms. The van der Waals surface area contributed by atoms with Crippen molar-refractivity contribution in [1.29, 1.82) is 0 Å². The molecule has 1 atom stereocenters. The number of nitrogens with zero attached hydrogens (tertiary/aromatic N) is 2. The Morgan fingerprint density at radius 3 is 2.37 bits per heavy atom.